The quantitative estimate of drug-likeness (QED) is 0.293. The van der Waals surface area contributed by atoms with Gasteiger partial charge in [-0.1, -0.05) is 71.1 Å². The van der Waals surface area contributed by atoms with Crippen molar-refractivity contribution in [3.63, 3.8) is 0 Å². The topological polar surface area (TPSA) is 7.76 Å². The summed E-state index contributed by atoms with van der Waals surface area (Å²) in [5, 5.41) is 0. The number of hydrogen-bond acceptors (Lipinski definition) is 0. The Morgan fingerprint density at radius 3 is 1.38 bits per heavy atom. The van der Waals surface area contributed by atoms with Gasteiger partial charge in [-0.2, -0.15) is 0 Å². The van der Waals surface area contributed by atoms with Crippen molar-refractivity contribution in [1.82, 2.24) is 0 Å². The van der Waals surface area contributed by atoms with Crippen LogP contribution in [0.2, 0.25) is 0 Å². The molecular formula is C25H40Cl2N2. The van der Waals surface area contributed by atoms with Crippen molar-refractivity contribution in [1.29, 1.82) is 0 Å². The fourth-order valence-corrected chi connectivity index (χ4v) is 3.63. The van der Waals surface area contributed by atoms with Gasteiger partial charge in [0.25, 0.3) is 0 Å². The highest BCUT2D eigenvalue weighted by Gasteiger charge is 2.04. The third kappa shape index (κ3) is 12.2. The standard InChI is InChI=1S/C25H40N2.2ClH/c1-3-4-5-6-7-8-9-10-11-12-13-14-19-27-22-17-25(18-23-27)24-15-20-26(2)21-16-24;;/h15-18,20-23H,3-14,19H2,1-2H3;2*1H/q+2;;/p-2. The van der Waals surface area contributed by atoms with E-state index in [-0.39, 0.29) is 24.8 Å². The van der Waals surface area contributed by atoms with Crippen LogP contribution < -0.4 is 33.9 Å². The molecule has 0 radical (unpaired) electrons. The molecule has 2 rings (SSSR count). The highest BCUT2D eigenvalue weighted by Crippen LogP contribution is 2.15. The van der Waals surface area contributed by atoms with E-state index in [1.165, 1.54) is 88.2 Å². The first-order valence-corrected chi connectivity index (χ1v) is 11.2. The van der Waals surface area contributed by atoms with Gasteiger partial charge in [0.2, 0.25) is 0 Å². The minimum absolute atomic E-state index is 0. The summed E-state index contributed by atoms with van der Waals surface area (Å²) in [7, 11) is 2.05. The fraction of sp³-hybridized carbons (Fsp3) is 0.600. The molecule has 0 saturated carbocycles. The zero-order chi connectivity index (χ0) is 19.2. The number of pyridine rings is 2. The Kier molecular flexibility index (Phi) is 17.0. The molecule has 0 atom stereocenters. The van der Waals surface area contributed by atoms with Gasteiger partial charge in [-0.25, -0.2) is 9.13 Å². The molecule has 2 aromatic rings. The lowest BCUT2D eigenvalue weighted by atomic mass is 10.1. The maximum absolute atomic E-state index is 2.32. The predicted octanol–water partition coefficient (Wildman–Crippen LogP) is 0.175. The smallest absolute Gasteiger partial charge is 0.169 e. The van der Waals surface area contributed by atoms with Crippen LogP contribution in [0.1, 0.15) is 84.0 Å². The van der Waals surface area contributed by atoms with Crippen molar-refractivity contribution < 1.29 is 33.9 Å². The van der Waals surface area contributed by atoms with Gasteiger partial charge in [0, 0.05) is 30.7 Å². The average Bonchev–Trinajstić information content (AvgIpc) is 2.70. The third-order valence-corrected chi connectivity index (χ3v) is 5.47. The minimum Gasteiger partial charge on any atom is -1.00 e. The Hall–Kier alpha value is -1.12. The molecule has 0 aliphatic rings. The number of aromatic nitrogens is 2. The van der Waals surface area contributed by atoms with E-state index in [2.05, 4.69) is 72.2 Å². The molecule has 0 aromatic carbocycles. The molecule has 2 heterocycles. The summed E-state index contributed by atoms with van der Waals surface area (Å²) in [6.07, 6.45) is 25.6. The van der Waals surface area contributed by atoms with Crippen molar-refractivity contribution in [3.8, 4) is 11.1 Å². The Morgan fingerprint density at radius 1 is 0.552 bits per heavy atom. The summed E-state index contributed by atoms with van der Waals surface area (Å²) in [6.45, 7) is 3.43. The van der Waals surface area contributed by atoms with Crippen LogP contribution >= 0.6 is 0 Å². The summed E-state index contributed by atoms with van der Waals surface area (Å²) in [5.41, 5.74) is 2.58. The van der Waals surface area contributed by atoms with E-state index in [1.807, 2.05) is 0 Å². The molecular weight excluding hydrogens is 399 g/mol. The summed E-state index contributed by atoms with van der Waals surface area (Å²) < 4.78 is 4.39. The summed E-state index contributed by atoms with van der Waals surface area (Å²) in [5.74, 6) is 0. The first-order chi connectivity index (χ1) is 13.3. The van der Waals surface area contributed by atoms with Crippen LogP contribution in [0.4, 0.5) is 0 Å². The van der Waals surface area contributed by atoms with Crippen LogP contribution in [0.3, 0.4) is 0 Å². The average molecular weight is 440 g/mol. The van der Waals surface area contributed by atoms with Crippen molar-refractivity contribution in [2.75, 3.05) is 0 Å². The minimum atomic E-state index is 0. The van der Waals surface area contributed by atoms with Gasteiger partial charge < -0.3 is 24.8 Å². The molecule has 0 spiro atoms. The number of hydrogen-bond donors (Lipinski definition) is 0. The first-order valence-electron chi connectivity index (χ1n) is 11.2. The zero-order valence-electron chi connectivity index (χ0n) is 18.5. The Bertz CT molecular complexity index is 612. The van der Waals surface area contributed by atoms with E-state index in [9.17, 15) is 0 Å². The number of unbranched alkanes of at least 4 members (excludes halogenated alkanes) is 11. The lowest BCUT2D eigenvalue weighted by Gasteiger charge is -2.03. The Balaban J connectivity index is 0.00000392. The van der Waals surface area contributed by atoms with Gasteiger partial charge in [0.1, 0.15) is 13.6 Å². The van der Waals surface area contributed by atoms with Gasteiger partial charge in [-0.05, 0) is 17.5 Å². The SMILES string of the molecule is CCCCCCCCCCCCCC[n+]1ccc(-c2cc[n+](C)cc2)cc1.[Cl-].[Cl-]. The maximum Gasteiger partial charge on any atom is 0.169 e. The Morgan fingerprint density at radius 2 is 0.931 bits per heavy atom. The van der Waals surface area contributed by atoms with E-state index in [0.717, 1.165) is 6.54 Å². The molecule has 164 valence electrons. The molecule has 29 heavy (non-hydrogen) atoms. The first kappa shape index (κ1) is 27.9. The highest BCUT2D eigenvalue weighted by atomic mass is 35.5. The van der Waals surface area contributed by atoms with Crippen LogP contribution in [-0.2, 0) is 13.6 Å². The molecule has 0 saturated heterocycles. The van der Waals surface area contributed by atoms with Gasteiger partial charge in [-0.3, -0.25) is 0 Å². The second kappa shape index (κ2) is 17.7. The Labute approximate surface area is 191 Å². The van der Waals surface area contributed by atoms with Crippen LogP contribution in [0.5, 0.6) is 0 Å². The number of aryl methyl sites for hydroxylation is 2. The normalized spacial score (nSPS) is 10.3. The lowest BCUT2D eigenvalue weighted by Crippen LogP contribution is -3.00. The highest BCUT2D eigenvalue weighted by molar-refractivity contribution is 5.60. The van der Waals surface area contributed by atoms with Crippen molar-refractivity contribution in [2.45, 2.75) is 90.5 Å². The van der Waals surface area contributed by atoms with E-state index in [1.54, 1.807) is 0 Å². The molecule has 0 aliphatic heterocycles. The van der Waals surface area contributed by atoms with Crippen LogP contribution in [0, 0.1) is 0 Å². The largest absolute Gasteiger partial charge is 1.00 e. The van der Waals surface area contributed by atoms with Crippen LogP contribution in [0.25, 0.3) is 11.1 Å². The van der Waals surface area contributed by atoms with Gasteiger partial charge in [0.05, 0.1) is 0 Å². The molecule has 2 nitrogen and oxygen atoms in total. The summed E-state index contributed by atoms with van der Waals surface area (Å²) in [4.78, 5) is 0. The number of rotatable bonds is 14. The monoisotopic (exact) mass is 438 g/mol. The van der Waals surface area contributed by atoms with Crippen LogP contribution in [-0.4, -0.2) is 0 Å². The lowest BCUT2D eigenvalue weighted by molar-refractivity contribution is -0.697. The van der Waals surface area contributed by atoms with Gasteiger partial charge in [-0.15, -0.1) is 0 Å². The van der Waals surface area contributed by atoms with Crippen molar-refractivity contribution >= 4 is 0 Å². The fourth-order valence-electron chi connectivity index (χ4n) is 3.63. The molecule has 0 aliphatic carbocycles. The summed E-state index contributed by atoms with van der Waals surface area (Å²) >= 11 is 0. The van der Waals surface area contributed by atoms with E-state index >= 15 is 0 Å². The second-order valence-electron chi connectivity index (χ2n) is 7.97. The molecule has 2 aromatic heterocycles. The van der Waals surface area contributed by atoms with E-state index in [0.29, 0.717) is 0 Å². The number of halogens is 2. The van der Waals surface area contributed by atoms with E-state index in [4.69, 9.17) is 0 Å². The molecule has 0 unspecified atom stereocenters. The van der Waals surface area contributed by atoms with E-state index < -0.39 is 0 Å². The number of nitrogens with zero attached hydrogens (tertiary/aromatic N) is 2. The van der Waals surface area contributed by atoms with Gasteiger partial charge >= 0.3 is 0 Å². The molecule has 0 N–H and O–H groups in total. The summed E-state index contributed by atoms with van der Waals surface area (Å²) in [6, 6.07) is 8.81. The molecule has 4 heteroatoms. The zero-order valence-corrected chi connectivity index (χ0v) is 20.0. The van der Waals surface area contributed by atoms with Crippen molar-refractivity contribution in [3.05, 3.63) is 49.1 Å². The van der Waals surface area contributed by atoms with Gasteiger partial charge in [0.15, 0.2) is 24.8 Å². The van der Waals surface area contributed by atoms with Crippen LogP contribution in [0.15, 0.2) is 49.1 Å². The second-order valence-corrected chi connectivity index (χ2v) is 7.97. The molecule has 0 bridgehead atoms. The molecule has 0 fully saturated rings. The maximum atomic E-state index is 2.32. The third-order valence-electron chi connectivity index (χ3n) is 5.47. The van der Waals surface area contributed by atoms with Crippen molar-refractivity contribution in [2.24, 2.45) is 7.05 Å². The predicted molar refractivity (Wildman–Crippen MR) is 114 cm³/mol. The molecule has 0 amide bonds.